The number of rotatable bonds is 3. The third-order valence-corrected chi connectivity index (χ3v) is 5.71. The van der Waals surface area contributed by atoms with Crippen molar-refractivity contribution in [3.8, 4) is 0 Å². The maximum absolute atomic E-state index is 11.9. The van der Waals surface area contributed by atoms with Crippen LogP contribution >= 0.6 is 0 Å². The van der Waals surface area contributed by atoms with E-state index >= 15 is 0 Å². The number of fused-ring (bicyclic) bond motifs is 1. The topological polar surface area (TPSA) is 46.5 Å². The smallest absolute Gasteiger partial charge is 0.308 e. The summed E-state index contributed by atoms with van der Waals surface area (Å²) in [6.45, 7) is 12.0. The van der Waals surface area contributed by atoms with Crippen LogP contribution in [0.15, 0.2) is 11.6 Å². The second-order valence-corrected chi connectivity index (χ2v) is 8.28. The molecule has 0 bridgehead atoms. The molecule has 2 rings (SSSR count). The van der Waals surface area contributed by atoms with E-state index in [0.717, 1.165) is 24.8 Å². The first-order chi connectivity index (χ1) is 10.1. The molecular formula is C19H32O3. The zero-order valence-corrected chi connectivity index (χ0v) is 14.9. The summed E-state index contributed by atoms with van der Waals surface area (Å²) in [5.74, 6) is 1.62. The Morgan fingerprint density at radius 2 is 2.00 bits per heavy atom. The van der Waals surface area contributed by atoms with Gasteiger partial charge in [0.15, 0.2) is 0 Å². The van der Waals surface area contributed by atoms with Gasteiger partial charge < -0.3 is 9.84 Å². The lowest BCUT2D eigenvalue weighted by Gasteiger charge is -2.49. The zero-order valence-electron chi connectivity index (χ0n) is 14.9. The van der Waals surface area contributed by atoms with Crippen LogP contribution in [0.4, 0.5) is 0 Å². The summed E-state index contributed by atoms with van der Waals surface area (Å²) in [7, 11) is 0. The lowest BCUT2D eigenvalue weighted by atomic mass is 9.59. The minimum Gasteiger partial charge on any atom is -0.458 e. The Balaban J connectivity index is 2.22. The first-order valence-electron chi connectivity index (χ1n) is 8.72. The molecule has 1 saturated carbocycles. The van der Waals surface area contributed by atoms with Gasteiger partial charge in [0.2, 0.25) is 0 Å². The Labute approximate surface area is 135 Å². The van der Waals surface area contributed by atoms with Crippen molar-refractivity contribution in [3.63, 3.8) is 0 Å². The van der Waals surface area contributed by atoms with Gasteiger partial charge in [-0.3, -0.25) is 4.79 Å². The highest BCUT2D eigenvalue weighted by molar-refractivity contribution is 5.72. The maximum Gasteiger partial charge on any atom is 0.308 e. The van der Waals surface area contributed by atoms with Crippen molar-refractivity contribution in [3.05, 3.63) is 11.6 Å². The van der Waals surface area contributed by atoms with Crippen LogP contribution in [0.3, 0.4) is 0 Å². The van der Waals surface area contributed by atoms with Crippen LogP contribution in [-0.2, 0) is 9.53 Å². The zero-order chi connectivity index (χ0) is 16.7. The molecule has 0 spiro atoms. The number of aliphatic hydroxyl groups is 1. The molecule has 1 N–H and O–H groups in total. The fourth-order valence-electron chi connectivity index (χ4n) is 4.24. The molecule has 1 fully saturated rings. The monoisotopic (exact) mass is 308 g/mol. The van der Waals surface area contributed by atoms with Crippen LogP contribution in [0.5, 0.6) is 0 Å². The van der Waals surface area contributed by atoms with E-state index in [4.69, 9.17) is 4.74 Å². The number of allylic oxidation sites excluding steroid dienone is 1. The van der Waals surface area contributed by atoms with E-state index in [0.29, 0.717) is 23.7 Å². The number of carbonyl (C=O) groups excluding carboxylic acids is 1. The first kappa shape index (κ1) is 17.5. The molecule has 0 aromatic rings. The molecule has 0 aliphatic heterocycles. The maximum atomic E-state index is 11.9. The molecule has 0 aromatic heterocycles. The summed E-state index contributed by atoms with van der Waals surface area (Å²) in [6, 6.07) is 0. The van der Waals surface area contributed by atoms with E-state index in [9.17, 15) is 9.90 Å². The number of hydrogen-bond acceptors (Lipinski definition) is 3. The Hall–Kier alpha value is -0.830. The van der Waals surface area contributed by atoms with Crippen molar-refractivity contribution in [2.75, 3.05) is 0 Å². The molecule has 2 aliphatic carbocycles. The van der Waals surface area contributed by atoms with E-state index in [1.807, 2.05) is 27.7 Å². The molecule has 0 unspecified atom stereocenters. The number of esters is 1. The highest BCUT2D eigenvalue weighted by Gasteiger charge is 2.45. The van der Waals surface area contributed by atoms with Gasteiger partial charge >= 0.3 is 5.97 Å². The van der Waals surface area contributed by atoms with Crippen LogP contribution in [0, 0.1) is 29.6 Å². The number of hydrogen-bond donors (Lipinski definition) is 1. The summed E-state index contributed by atoms with van der Waals surface area (Å²) in [5.41, 5.74) is 0.500. The lowest BCUT2D eigenvalue weighted by Crippen LogP contribution is -2.47. The van der Waals surface area contributed by atoms with Crippen LogP contribution < -0.4 is 0 Å². The predicted molar refractivity (Wildman–Crippen MR) is 88.3 cm³/mol. The van der Waals surface area contributed by atoms with Gasteiger partial charge in [0.25, 0.3) is 0 Å². The molecule has 0 radical (unpaired) electrons. The molecule has 0 aromatic carbocycles. The normalized spacial score (nSPS) is 35.8. The standard InChI is InChI=1S/C19H32O3/c1-11(2)18(20)22-17-10-14-12(3)7-8-16(19(5,6)21)15(14)9-13(17)4/h9,11-12,14-17,21H,7-8,10H2,1-6H3/t12-,14+,15-,16-,17-/m1/s1. The van der Waals surface area contributed by atoms with Gasteiger partial charge in [-0.25, -0.2) is 0 Å². The van der Waals surface area contributed by atoms with Gasteiger partial charge in [0.1, 0.15) is 6.10 Å². The Morgan fingerprint density at radius 1 is 1.36 bits per heavy atom. The van der Waals surface area contributed by atoms with E-state index in [1.54, 1.807) is 0 Å². The Kier molecular flexibility index (Phi) is 5.06. The van der Waals surface area contributed by atoms with Gasteiger partial charge in [-0.2, -0.15) is 0 Å². The van der Waals surface area contributed by atoms with Gasteiger partial charge in [-0.1, -0.05) is 33.3 Å². The number of ether oxygens (including phenoxy) is 1. The highest BCUT2D eigenvalue weighted by atomic mass is 16.5. The van der Waals surface area contributed by atoms with Crippen LogP contribution in [0.1, 0.15) is 60.8 Å². The Morgan fingerprint density at radius 3 is 2.55 bits per heavy atom. The van der Waals surface area contributed by atoms with Crippen LogP contribution in [0.25, 0.3) is 0 Å². The second kappa shape index (κ2) is 6.35. The highest BCUT2D eigenvalue weighted by Crippen LogP contribution is 2.49. The van der Waals surface area contributed by atoms with Gasteiger partial charge in [-0.15, -0.1) is 0 Å². The summed E-state index contributed by atoms with van der Waals surface area (Å²) < 4.78 is 5.71. The van der Waals surface area contributed by atoms with E-state index in [-0.39, 0.29) is 18.0 Å². The van der Waals surface area contributed by atoms with Crippen molar-refractivity contribution in [2.45, 2.75) is 72.5 Å². The fraction of sp³-hybridized carbons (Fsp3) is 0.842. The number of carbonyl (C=O) groups is 1. The van der Waals surface area contributed by atoms with E-state index in [1.165, 1.54) is 0 Å². The van der Waals surface area contributed by atoms with Gasteiger partial charge in [0, 0.05) is 0 Å². The minimum absolute atomic E-state index is 0.0841. The van der Waals surface area contributed by atoms with Crippen molar-refractivity contribution in [1.82, 2.24) is 0 Å². The average molecular weight is 308 g/mol. The van der Waals surface area contributed by atoms with Crippen molar-refractivity contribution in [2.24, 2.45) is 29.6 Å². The summed E-state index contributed by atoms with van der Waals surface area (Å²) in [4.78, 5) is 11.9. The van der Waals surface area contributed by atoms with Crippen LogP contribution in [0.2, 0.25) is 0 Å². The van der Waals surface area contributed by atoms with Gasteiger partial charge in [0.05, 0.1) is 11.5 Å². The van der Waals surface area contributed by atoms with E-state index < -0.39 is 5.60 Å². The fourth-order valence-corrected chi connectivity index (χ4v) is 4.24. The SMILES string of the molecule is CC1=C[C@@H]2[C@@H](C[C@H]1OC(=O)C(C)C)[C@H](C)CC[C@H]2C(C)(C)O. The molecule has 3 nitrogen and oxygen atoms in total. The van der Waals surface area contributed by atoms with Crippen molar-refractivity contribution in [1.29, 1.82) is 0 Å². The molecule has 2 aliphatic rings. The van der Waals surface area contributed by atoms with E-state index in [2.05, 4.69) is 19.9 Å². The molecule has 0 heterocycles. The average Bonchev–Trinajstić information content (AvgIpc) is 2.39. The largest absolute Gasteiger partial charge is 0.458 e. The Bertz CT molecular complexity index is 444. The molecular weight excluding hydrogens is 276 g/mol. The summed E-state index contributed by atoms with van der Waals surface area (Å²) in [5, 5.41) is 10.5. The molecule has 5 atom stereocenters. The molecule has 22 heavy (non-hydrogen) atoms. The summed E-state index contributed by atoms with van der Waals surface area (Å²) >= 11 is 0. The molecule has 126 valence electrons. The van der Waals surface area contributed by atoms with Crippen LogP contribution in [-0.4, -0.2) is 22.8 Å². The third-order valence-electron chi connectivity index (χ3n) is 5.71. The first-order valence-corrected chi connectivity index (χ1v) is 8.72. The van der Waals surface area contributed by atoms with Crippen molar-refractivity contribution >= 4 is 5.97 Å². The predicted octanol–water partition coefficient (Wildman–Crippen LogP) is 3.95. The quantitative estimate of drug-likeness (QED) is 0.634. The third kappa shape index (κ3) is 3.56. The molecule has 3 heteroatoms. The van der Waals surface area contributed by atoms with Crippen molar-refractivity contribution < 1.29 is 14.6 Å². The van der Waals surface area contributed by atoms with Gasteiger partial charge in [-0.05, 0) is 62.9 Å². The minimum atomic E-state index is -0.652. The lowest BCUT2D eigenvalue weighted by molar-refractivity contribution is -0.153. The second-order valence-electron chi connectivity index (χ2n) is 8.28. The summed E-state index contributed by atoms with van der Waals surface area (Å²) in [6.07, 6.45) is 5.32. The molecule has 0 saturated heterocycles. The molecule has 0 amide bonds.